The third-order valence-electron chi connectivity index (χ3n) is 2.86. The Kier molecular flexibility index (Phi) is 4.39. The molecule has 0 aliphatic rings. The first-order valence-corrected chi connectivity index (χ1v) is 6.71. The van der Waals surface area contributed by atoms with Gasteiger partial charge in [-0.2, -0.15) is 0 Å². The molecule has 0 spiro atoms. The molecule has 0 fully saturated rings. The van der Waals surface area contributed by atoms with Crippen molar-refractivity contribution < 1.29 is 13.9 Å². The number of anilines is 1. The highest BCUT2D eigenvalue weighted by Gasteiger charge is 2.13. The monoisotopic (exact) mass is 337 g/mol. The van der Waals surface area contributed by atoms with Crippen LogP contribution >= 0.6 is 15.9 Å². The highest BCUT2D eigenvalue weighted by atomic mass is 79.9. The Morgan fingerprint density at radius 2 is 2.00 bits per heavy atom. The Hall–Kier alpha value is -1.88. The molecule has 2 rings (SSSR count). The van der Waals surface area contributed by atoms with Gasteiger partial charge in [0.2, 0.25) is 0 Å². The van der Waals surface area contributed by atoms with E-state index in [4.69, 9.17) is 4.74 Å². The van der Waals surface area contributed by atoms with Crippen LogP contribution in [0.3, 0.4) is 0 Å². The first-order valence-electron chi connectivity index (χ1n) is 5.92. The summed E-state index contributed by atoms with van der Waals surface area (Å²) in [7, 11) is 1.57. The van der Waals surface area contributed by atoms with Crippen molar-refractivity contribution in [3.05, 3.63) is 57.8 Å². The summed E-state index contributed by atoms with van der Waals surface area (Å²) in [5, 5.41) is 2.69. The van der Waals surface area contributed by atoms with Crippen molar-refractivity contribution in [3.8, 4) is 5.75 Å². The molecule has 1 amide bonds. The summed E-state index contributed by atoms with van der Waals surface area (Å²) >= 11 is 3.15. The molecule has 5 heteroatoms. The normalized spacial score (nSPS) is 10.2. The minimum atomic E-state index is -0.567. The predicted molar refractivity (Wildman–Crippen MR) is 79.8 cm³/mol. The Balaban J connectivity index is 2.23. The minimum Gasteiger partial charge on any atom is -0.497 e. The van der Waals surface area contributed by atoms with E-state index in [2.05, 4.69) is 21.2 Å². The molecule has 3 nitrogen and oxygen atoms in total. The Morgan fingerprint density at radius 1 is 1.25 bits per heavy atom. The number of hydrogen-bond acceptors (Lipinski definition) is 2. The van der Waals surface area contributed by atoms with Gasteiger partial charge in [0.05, 0.1) is 12.7 Å². The van der Waals surface area contributed by atoms with Crippen LogP contribution in [0, 0.1) is 12.7 Å². The van der Waals surface area contributed by atoms with Crippen molar-refractivity contribution in [2.75, 3.05) is 12.4 Å². The van der Waals surface area contributed by atoms with Crippen LogP contribution in [0.5, 0.6) is 5.75 Å². The maximum absolute atomic E-state index is 13.7. The van der Waals surface area contributed by atoms with E-state index in [-0.39, 0.29) is 5.56 Å². The van der Waals surface area contributed by atoms with Crippen LogP contribution in [0.2, 0.25) is 0 Å². The summed E-state index contributed by atoms with van der Waals surface area (Å²) in [5.41, 5.74) is 1.47. The van der Waals surface area contributed by atoms with Crippen LogP contribution in [-0.4, -0.2) is 13.0 Å². The lowest BCUT2D eigenvalue weighted by Gasteiger charge is -2.10. The molecule has 104 valence electrons. The van der Waals surface area contributed by atoms with Crippen molar-refractivity contribution in [1.82, 2.24) is 0 Å². The number of ether oxygens (including phenoxy) is 1. The molecule has 0 aliphatic carbocycles. The topological polar surface area (TPSA) is 38.3 Å². The van der Waals surface area contributed by atoms with Crippen LogP contribution in [0.15, 0.2) is 40.9 Å². The number of carbonyl (C=O) groups excluding carboxylic acids is 1. The summed E-state index contributed by atoms with van der Waals surface area (Å²) in [6, 6.07) is 9.58. The minimum absolute atomic E-state index is 0.00316. The fraction of sp³-hybridized carbons (Fsp3) is 0.133. The van der Waals surface area contributed by atoms with E-state index in [1.54, 1.807) is 31.4 Å². The zero-order valence-corrected chi connectivity index (χ0v) is 12.6. The largest absolute Gasteiger partial charge is 0.497 e. The molecule has 0 heterocycles. The standard InChI is InChI=1S/C15H13BrFNO2/c1-9-7-11(20-2)4-6-14(9)18-15(19)12-5-3-10(16)8-13(12)17/h3-8H,1-2H3,(H,18,19). The second kappa shape index (κ2) is 6.05. The number of halogens is 2. The second-order valence-corrected chi connectivity index (χ2v) is 5.17. The molecule has 0 aromatic heterocycles. The zero-order valence-electron chi connectivity index (χ0n) is 11.0. The zero-order chi connectivity index (χ0) is 14.7. The number of aryl methyl sites for hydroxylation is 1. The number of hydrogen-bond donors (Lipinski definition) is 1. The van der Waals surface area contributed by atoms with Gasteiger partial charge in [0.1, 0.15) is 11.6 Å². The fourth-order valence-electron chi connectivity index (χ4n) is 1.77. The SMILES string of the molecule is COc1ccc(NC(=O)c2ccc(Br)cc2F)c(C)c1. The number of amides is 1. The molecule has 0 aliphatic heterocycles. The number of nitrogens with one attached hydrogen (secondary N) is 1. The number of carbonyl (C=O) groups is 1. The summed E-state index contributed by atoms with van der Waals surface area (Å²) in [6.07, 6.45) is 0. The van der Waals surface area contributed by atoms with Gasteiger partial charge in [-0.05, 0) is 48.9 Å². The third kappa shape index (κ3) is 3.17. The van der Waals surface area contributed by atoms with Gasteiger partial charge < -0.3 is 10.1 Å². The van der Waals surface area contributed by atoms with Crippen LogP contribution < -0.4 is 10.1 Å². The van der Waals surface area contributed by atoms with Gasteiger partial charge in [-0.15, -0.1) is 0 Å². The molecule has 1 N–H and O–H groups in total. The second-order valence-electron chi connectivity index (χ2n) is 4.26. The lowest BCUT2D eigenvalue weighted by Crippen LogP contribution is -2.14. The van der Waals surface area contributed by atoms with Gasteiger partial charge in [0.15, 0.2) is 0 Å². The smallest absolute Gasteiger partial charge is 0.258 e. The quantitative estimate of drug-likeness (QED) is 0.913. The van der Waals surface area contributed by atoms with Crippen LogP contribution in [0.4, 0.5) is 10.1 Å². The van der Waals surface area contributed by atoms with Gasteiger partial charge in [0.25, 0.3) is 5.91 Å². The van der Waals surface area contributed by atoms with Crippen LogP contribution in [-0.2, 0) is 0 Å². The summed E-state index contributed by atoms with van der Waals surface area (Å²) in [4.78, 5) is 12.1. The van der Waals surface area contributed by atoms with E-state index in [0.29, 0.717) is 15.9 Å². The number of rotatable bonds is 3. The average Bonchev–Trinajstić information content (AvgIpc) is 2.40. The number of benzene rings is 2. The van der Waals surface area contributed by atoms with Crippen molar-refractivity contribution in [2.45, 2.75) is 6.92 Å². The van der Waals surface area contributed by atoms with Gasteiger partial charge in [-0.3, -0.25) is 4.79 Å². The Morgan fingerprint density at radius 3 is 2.60 bits per heavy atom. The van der Waals surface area contributed by atoms with E-state index in [1.807, 2.05) is 6.92 Å². The van der Waals surface area contributed by atoms with Gasteiger partial charge in [-0.1, -0.05) is 15.9 Å². The third-order valence-corrected chi connectivity index (χ3v) is 3.35. The van der Waals surface area contributed by atoms with E-state index in [0.717, 1.165) is 5.56 Å². The molecule has 0 radical (unpaired) electrons. The van der Waals surface area contributed by atoms with E-state index in [9.17, 15) is 9.18 Å². The molecule has 0 unspecified atom stereocenters. The van der Waals surface area contributed by atoms with Gasteiger partial charge in [0, 0.05) is 10.2 Å². The molecule has 0 bridgehead atoms. The fourth-order valence-corrected chi connectivity index (χ4v) is 2.10. The summed E-state index contributed by atoms with van der Waals surface area (Å²) < 4.78 is 19.4. The number of methoxy groups -OCH3 is 1. The maximum Gasteiger partial charge on any atom is 0.258 e. The molecule has 2 aromatic carbocycles. The predicted octanol–water partition coefficient (Wildman–Crippen LogP) is 4.16. The molecule has 0 saturated heterocycles. The van der Waals surface area contributed by atoms with Crippen molar-refractivity contribution in [1.29, 1.82) is 0 Å². The highest BCUT2D eigenvalue weighted by Crippen LogP contribution is 2.22. The lowest BCUT2D eigenvalue weighted by atomic mass is 10.1. The van der Waals surface area contributed by atoms with Crippen molar-refractivity contribution in [2.24, 2.45) is 0 Å². The summed E-state index contributed by atoms with van der Waals surface area (Å²) in [5.74, 6) is -0.346. The Bertz CT molecular complexity index is 658. The summed E-state index contributed by atoms with van der Waals surface area (Å²) in [6.45, 7) is 1.84. The maximum atomic E-state index is 13.7. The van der Waals surface area contributed by atoms with Gasteiger partial charge in [-0.25, -0.2) is 4.39 Å². The first-order chi connectivity index (χ1) is 9.51. The van der Waals surface area contributed by atoms with Crippen LogP contribution in [0.1, 0.15) is 15.9 Å². The molecule has 0 saturated carbocycles. The highest BCUT2D eigenvalue weighted by molar-refractivity contribution is 9.10. The first kappa shape index (κ1) is 14.5. The molecule has 0 atom stereocenters. The van der Waals surface area contributed by atoms with Crippen molar-refractivity contribution in [3.63, 3.8) is 0 Å². The van der Waals surface area contributed by atoms with Crippen LogP contribution in [0.25, 0.3) is 0 Å². The van der Waals surface area contributed by atoms with E-state index >= 15 is 0 Å². The Labute approximate surface area is 124 Å². The van der Waals surface area contributed by atoms with Gasteiger partial charge >= 0.3 is 0 Å². The van der Waals surface area contributed by atoms with E-state index in [1.165, 1.54) is 12.1 Å². The molecule has 2 aromatic rings. The van der Waals surface area contributed by atoms with E-state index < -0.39 is 11.7 Å². The lowest BCUT2D eigenvalue weighted by molar-refractivity contribution is 0.102. The molecular formula is C15H13BrFNO2. The molecular weight excluding hydrogens is 325 g/mol. The molecule has 20 heavy (non-hydrogen) atoms. The van der Waals surface area contributed by atoms with Crippen molar-refractivity contribution >= 4 is 27.5 Å². The average molecular weight is 338 g/mol.